The minimum atomic E-state index is -1.61. The second kappa shape index (κ2) is 6.52. The zero-order valence-electron chi connectivity index (χ0n) is 10.0. The second-order valence-electron chi connectivity index (χ2n) is 3.83. The van der Waals surface area contributed by atoms with Crippen LogP contribution in [0, 0.1) is 0 Å². The van der Waals surface area contributed by atoms with E-state index < -0.39 is 12.1 Å². The first-order chi connectivity index (χ1) is 8.52. The molecule has 0 radical (unpaired) electrons. The van der Waals surface area contributed by atoms with E-state index >= 15 is 0 Å². The molecule has 1 aromatic rings. The van der Waals surface area contributed by atoms with Crippen molar-refractivity contribution in [2.75, 3.05) is 5.88 Å². The van der Waals surface area contributed by atoms with E-state index in [0.29, 0.717) is 17.5 Å². The van der Waals surface area contributed by atoms with Crippen molar-refractivity contribution in [2.24, 2.45) is 0 Å². The van der Waals surface area contributed by atoms with Crippen LogP contribution in [-0.4, -0.2) is 27.8 Å². The summed E-state index contributed by atoms with van der Waals surface area (Å²) in [6.45, 7) is 1.81. The lowest BCUT2D eigenvalue weighted by atomic mass is 9.92. The number of carbonyl (C=O) groups excluding carboxylic acids is 1. The van der Waals surface area contributed by atoms with Gasteiger partial charge in [0, 0.05) is 17.9 Å². The average Bonchev–Trinajstić information content (AvgIpc) is 2.36. The van der Waals surface area contributed by atoms with Gasteiger partial charge in [-0.15, -0.1) is 11.6 Å². The third-order valence-electron chi connectivity index (χ3n) is 2.72. The van der Waals surface area contributed by atoms with Crippen molar-refractivity contribution < 1.29 is 19.8 Å². The number of benzene rings is 1. The van der Waals surface area contributed by atoms with E-state index in [1.807, 2.05) is 6.92 Å². The summed E-state index contributed by atoms with van der Waals surface area (Å²) in [4.78, 5) is 22.7. The normalized spacial score (nSPS) is 12.2. The molecule has 0 saturated heterocycles. The van der Waals surface area contributed by atoms with Gasteiger partial charge in [0.05, 0.1) is 0 Å². The third kappa shape index (κ3) is 3.09. The molecular formula is C13H15ClO4. The molecule has 1 unspecified atom stereocenters. The first kappa shape index (κ1) is 14.7. The molecule has 0 fully saturated rings. The molecule has 1 atom stereocenters. The molecule has 1 aromatic carbocycles. The van der Waals surface area contributed by atoms with Crippen LogP contribution in [0.5, 0.6) is 0 Å². The molecule has 5 heteroatoms. The highest BCUT2D eigenvalue weighted by molar-refractivity contribution is 6.19. The second-order valence-corrected chi connectivity index (χ2v) is 4.21. The lowest BCUT2D eigenvalue weighted by molar-refractivity contribution is -0.147. The highest BCUT2D eigenvalue weighted by Crippen LogP contribution is 2.23. The lowest BCUT2D eigenvalue weighted by Gasteiger charge is -2.14. The quantitative estimate of drug-likeness (QED) is 0.614. The molecule has 0 aromatic heterocycles. The van der Waals surface area contributed by atoms with Gasteiger partial charge < -0.3 is 10.2 Å². The first-order valence-corrected chi connectivity index (χ1v) is 6.18. The Morgan fingerprint density at radius 2 is 2.06 bits per heavy atom. The SMILES string of the molecule is CCc1c(C(=O)CCCl)cccc1C(O)C(=O)O. The van der Waals surface area contributed by atoms with E-state index in [0.717, 1.165) is 0 Å². The van der Waals surface area contributed by atoms with Crippen LogP contribution < -0.4 is 0 Å². The number of carbonyl (C=O) groups is 2. The topological polar surface area (TPSA) is 74.6 Å². The van der Waals surface area contributed by atoms with Gasteiger partial charge in [0.1, 0.15) is 0 Å². The number of aliphatic carboxylic acids is 1. The Hall–Kier alpha value is -1.39. The molecule has 0 spiro atoms. The lowest BCUT2D eigenvalue weighted by Crippen LogP contribution is -2.15. The number of hydrogen-bond acceptors (Lipinski definition) is 3. The average molecular weight is 271 g/mol. The maximum Gasteiger partial charge on any atom is 0.337 e. The van der Waals surface area contributed by atoms with Crippen LogP contribution in [0.2, 0.25) is 0 Å². The largest absolute Gasteiger partial charge is 0.479 e. The molecule has 2 N–H and O–H groups in total. The van der Waals surface area contributed by atoms with E-state index in [1.54, 1.807) is 12.1 Å². The summed E-state index contributed by atoms with van der Waals surface area (Å²) >= 11 is 5.53. The minimum absolute atomic E-state index is 0.138. The Kier molecular flexibility index (Phi) is 5.31. The number of aliphatic hydroxyl groups is 1. The van der Waals surface area contributed by atoms with Crippen molar-refractivity contribution in [1.82, 2.24) is 0 Å². The zero-order valence-corrected chi connectivity index (χ0v) is 10.8. The smallest absolute Gasteiger partial charge is 0.337 e. The van der Waals surface area contributed by atoms with Crippen molar-refractivity contribution in [3.05, 3.63) is 34.9 Å². The number of carboxylic acids is 1. The Morgan fingerprint density at radius 3 is 2.56 bits per heavy atom. The van der Waals surface area contributed by atoms with E-state index in [2.05, 4.69) is 0 Å². The predicted molar refractivity (Wildman–Crippen MR) is 68.1 cm³/mol. The van der Waals surface area contributed by atoms with Crippen LogP contribution in [0.3, 0.4) is 0 Å². The van der Waals surface area contributed by atoms with Gasteiger partial charge >= 0.3 is 5.97 Å². The summed E-state index contributed by atoms with van der Waals surface area (Å²) in [5, 5.41) is 18.4. The van der Waals surface area contributed by atoms with Crippen molar-refractivity contribution >= 4 is 23.4 Å². The fourth-order valence-corrected chi connectivity index (χ4v) is 2.04. The van der Waals surface area contributed by atoms with Crippen LogP contribution >= 0.6 is 11.6 Å². The Balaban J connectivity index is 3.26. The Bertz CT molecular complexity index is 456. The number of Topliss-reactive ketones (excluding diaryl/α,β-unsaturated/α-hetero) is 1. The molecule has 0 aliphatic carbocycles. The van der Waals surface area contributed by atoms with Crippen LogP contribution in [0.15, 0.2) is 18.2 Å². The van der Waals surface area contributed by atoms with Crippen LogP contribution in [-0.2, 0) is 11.2 Å². The third-order valence-corrected chi connectivity index (χ3v) is 2.91. The monoisotopic (exact) mass is 270 g/mol. The fourth-order valence-electron chi connectivity index (χ4n) is 1.87. The number of aliphatic hydroxyl groups excluding tert-OH is 1. The van der Waals surface area contributed by atoms with E-state index in [9.17, 15) is 14.7 Å². The summed E-state index contributed by atoms with van der Waals surface area (Å²) in [5.41, 5.74) is 1.28. The highest BCUT2D eigenvalue weighted by atomic mass is 35.5. The Labute approximate surface area is 110 Å². The van der Waals surface area contributed by atoms with E-state index in [-0.39, 0.29) is 23.6 Å². The molecule has 98 valence electrons. The summed E-state index contributed by atoms with van der Waals surface area (Å²) in [5.74, 6) is -1.25. The molecule has 1 rings (SSSR count). The molecule has 0 saturated carbocycles. The summed E-state index contributed by atoms with van der Waals surface area (Å²) in [7, 11) is 0. The molecule has 0 bridgehead atoms. The Morgan fingerprint density at radius 1 is 1.39 bits per heavy atom. The number of hydrogen-bond donors (Lipinski definition) is 2. The fraction of sp³-hybridized carbons (Fsp3) is 0.385. The predicted octanol–water partition coefficient (Wildman–Crippen LogP) is 2.18. The van der Waals surface area contributed by atoms with Crippen molar-refractivity contribution in [2.45, 2.75) is 25.9 Å². The van der Waals surface area contributed by atoms with Gasteiger partial charge in [-0.2, -0.15) is 0 Å². The van der Waals surface area contributed by atoms with Gasteiger partial charge in [-0.3, -0.25) is 4.79 Å². The van der Waals surface area contributed by atoms with Crippen molar-refractivity contribution in [1.29, 1.82) is 0 Å². The number of rotatable bonds is 6. The van der Waals surface area contributed by atoms with Gasteiger partial charge in [-0.25, -0.2) is 4.79 Å². The molecule has 0 aliphatic rings. The maximum atomic E-state index is 11.9. The summed E-state index contributed by atoms with van der Waals surface area (Å²) in [6, 6.07) is 4.73. The molecule has 0 amide bonds. The molecule has 0 aliphatic heterocycles. The zero-order chi connectivity index (χ0) is 13.7. The standard InChI is InChI=1S/C13H15ClO4/c1-2-8-9(11(15)6-7-14)4-3-5-10(8)12(16)13(17)18/h3-5,12,16H,2,6-7H2,1H3,(H,17,18). The van der Waals surface area contributed by atoms with Gasteiger partial charge in [0.2, 0.25) is 0 Å². The van der Waals surface area contributed by atoms with Crippen LogP contribution in [0.4, 0.5) is 0 Å². The van der Waals surface area contributed by atoms with Gasteiger partial charge in [-0.1, -0.05) is 25.1 Å². The van der Waals surface area contributed by atoms with Crippen LogP contribution in [0.1, 0.15) is 40.9 Å². The molecule has 18 heavy (non-hydrogen) atoms. The van der Waals surface area contributed by atoms with Crippen LogP contribution in [0.25, 0.3) is 0 Å². The number of ketones is 1. The van der Waals surface area contributed by atoms with E-state index in [1.165, 1.54) is 6.07 Å². The maximum absolute atomic E-state index is 11.9. The molecular weight excluding hydrogens is 256 g/mol. The number of alkyl halides is 1. The summed E-state index contributed by atoms with van der Waals surface area (Å²) in [6.07, 6.45) is -0.936. The minimum Gasteiger partial charge on any atom is -0.479 e. The first-order valence-electron chi connectivity index (χ1n) is 5.64. The highest BCUT2D eigenvalue weighted by Gasteiger charge is 2.22. The van der Waals surface area contributed by atoms with Gasteiger partial charge in [0.25, 0.3) is 0 Å². The van der Waals surface area contributed by atoms with Crippen molar-refractivity contribution in [3.8, 4) is 0 Å². The van der Waals surface area contributed by atoms with Crippen molar-refractivity contribution in [3.63, 3.8) is 0 Å². The molecule has 4 nitrogen and oxygen atoms in total. The molecule has 0 heterocycles. The van der Waals surface area contributed by atoms with E-state index in [4.69, 9.17) is 16.7 Å². The van der Waals surface area contributed by atoms with Gasteiger partial charge in [0.15, 0.2) is 11.9 Å². The number of carboxylic acid groups (broad SMARTS) is 1. The summed E-state index contributed by atoms with van der Waals surface area (Å²) < 4.78 is 0. The van der Waals surface area contributed by atoms with Gasteiger partial charge in [-0.05, 0) is 17.5 Å². The number of halogens is 1.